The summed E-state index contributed by atoms with van der Waals surface area (Å²) >= 11 is 0. The molecule has 1 saturated heterocycles. The lowest BCUT2D eigenvalue weighted by atomic mass is 10.1. The highest BCUT2D eigenvalue weighted by Gasteiger charge is 2.25. The summed E-state index contributed by atoms with van der Waals surface area (Å²) < 4.78 is 4.97. The molecule has 1 N–H and O–H groups in total. The minimum absolute atomic E-state index is 0.131. The van der Waals surface area contributed by atoms with E-state index in [1.807, 2.05) is 4.90 Å². The second-order valence-electron chi connectivity index (χ2n) is 4.74. The predicted molar refractivity (Wildman–Crippen MR) is 63.7 cm³/mol. The SMILES string of the molecule is Cc1noc(CCC(=O)N2CCC(CCO)C2)n1. The fourth-order valence-electron chi connectivity index (χ4n) is 2.29. The van der Waals surface area contributed by atoms with Crippen LogP contribution in [0.4, 0.5) is 0 Å². The average Bonchev–Trinajstić information content (AvgIpc) is 2.96. The lowest BCUT2D eigenvalue weighted by Crippen LogP contribution is -2.29. The molecule has 0 aromatic carbocycles. The van der Waals surface area contributed by atoms with Crippen molar-refractivity contribution in [2.45, 2.75) is 32.6 Å². The maximum Gasteiger partial charge on any atom is 0.227 e. The number of amides is 1. The maximum atomic E-state index is 11.9. The third kappa shape index (κ3) is 3.29. The molecule has 1 aromatic rings. The first-order valence-corrected chi connectivity index (χ1v) is 6.37. The summed E-state index contributed by atoms with van der Waals surface area (Å²) in [5.74, 6) is 1.70. The molecule has 1 fully saturated rings. The molecule has 0 saturated carbocycles. The van der Waals surface area contributed by atoms with Gasteiger partial charge in [-0.1, -0.05) is 5.16 Å². The van der Waals surface area contributed by atoms with Crippen molar-refractivity contribution < 1.29 is 14.4 Å². The number of aryl methyl sites for hydroxylation is 2. The van der Waals surface area contributed by atoms with Gasteiger partial charge in [0, 0.05) is 32.5 Å². The van der Waals surface area contributed by atoms with E-state index in [0.29, 0.717) is 30.5 Å². The second kappa shape index (κ2) is 5.95. The standard InChI is InChI=1S/C12H19N3O3/c1-9-13-11(18-14-9)2-3-12(17)15-6-4-10(8-15)5-7-16/h10,16H,2-8H2,1H3. The number of hydrogen-bond donors (Lipinski definition) is 1. The molecule has 1 amide bonds. The number of aliphatic hydroxyl groups is 1. The molecule has 6 heteroatoms. The van der Waals surface area contributed by atoms with Crippen molar-refractivity contribution in [3.05, 3.63) is 11.7 Å². The monoisotopic (exact) mass is 253 g/mol. The van der Waals surface area contributed by atoms with Gasteiger partial charge in [-0.2, -0.15) is 4.98 Å². The van der Waals surface area contributed by atoms with Gasteiger partial charge in [-0.25, -0.2) is 0 Å². The highest BCUT2D eigenvalue weighted by molar-refractivity contribution is 5.76. The van der Waals surface area contributed by atoms with Crippen molar-refractivity contribution in [2.75, 3.05) is 19.7 Å². The van der Waals surface area contributed by atoms with Gasteiger partial charge in [-0.3, -0.25) is 4.79 Å². The molecule has 6 nitrogen and oxygen atoms in total. The summed E-state index contributed by atoms with van der Waals surface area (Å²) in [5, 5.41) is 12.6. The summed E-state index contributed by atoms with van der Waals surface area (Å²) in [4.78, 5) is 17.9. The van der Waals surface area contributed by atoms with Gasteiger partial charge in [0.1, 0.15) is 0 Å². The summed E-state index contributed by atoms with van der Waals surface area (Å²) in [5.41, 5.74) is 0. The molecule has 1 aromatic heterocycles. The molecule has 1 unspecified atom stereocenters. The van der Waals surface area contributed by atoms with Crippen molar-refractivity contribution >= 4 is 5.91 Å². The van der Waals surface area contributed by atoms with Crippen LogP contribution in [0, 0.1) is 12.8 Å². The zero-order valence-corrected chi connectivity index (χ0v) is 10.6. The molecule has 2 heterocycles. The third-order valence-corrected chi connectivity index (χ3v) is 3.30. The molecular formula is C12H19N3O3. The Hall–Kier alpha value is -1.43. The van der Waals surface area contributed by atoms with Crippen LogP contribution in [0.25, 0.3) is 0 Å². The van der Waals surface area contributed by atoms with Crippen LogP contribution in [-0.4, -0.2) is 45.8 Å². The van der Waals surface area contributed by atoms with Crippen LogP contribution in [0.15, 0.2) is 4.52 Å². The number of hydrogen-bond acceptors (Lipinski definition) is 5. The molecule has 0 spiro atoms. The molecule has 1 atom stereocenters. The maximum absolute atomic E-state index is 11.9. The molecule has 18 heavy (non-hydrogen) atoms. The zero-order valence-electron chi connectivity index (χ0n) is 10.6. The quantitative estimate of drug-likeness (QED) is 0.828. The smallest absolute Gasteiger partial charge is 0.227 e. The lowest BCUT2D eigenvalue weighted by molar-refractivity contribution is -0.130. The number of aliphatic hydroxyl groups excluding tert-OH is 1. The Morgan fingerprint density at radius 1 is 1.61 bits per heavy atom. The van der Waals surface area contributed by atoms with Crippen molar-refractivity contribution in [3.8, 4) is 0 Å². The second-order valence-corrected chi connectivity index (χ2v) is 4.74. The average molecular weight is 253 g/mol. The number of nitrogens with zero attached hydrogens (tertiary/aromatic N) is 3. The van der Waals surface area contributed by atoms with Crippen molar-refractivity contribution in [2.24, 2.45) is 5.92 Å². The largest absolute Gasteiger partial charge is 0.396 e. The Morgan fingerprint density at radius 2 is 2.44 bits per heavy atom. The van der Waals surface area contributed by atoms with Crippen LogP contribution in [0.2, 0.25) is 0 Å². The number of rotatable bonds is 5. The van der Waals surface area contributed by atoms with E-state index in [1.54, 1.807) is 6.92 Å². The van der Waals surface area contributed by atoms with Gasteiger partial charge >= 0.3 is 0 Å². The van der Waals surface area contributed by atoms with E-state index in [1.165, 1.54) is 0 Å². The number of likely N-dealkylation sites (tertiary alicyclic amines) is 1. The zero-order chi connectivity index (χ0) is 13.0. The topological polar surface area (TPSA) is 79.5 Å². The Balaban J connectivity index is 1.75. The van der Waals surface area contributed by atoms with Gasteiger partial charge in [-0.05, 0) is 25.7 Å². The normalized spacial score (nSPS) is 19.4. The Labute approximate surface area is 106 Å². The van der Waals surface area contributed by atoms with Crippen LogP contribution >= 0.6 is 0 Å². The Bertz CT molecular complexity index is 405. The van der Waals surface area contributed by atoms with E-state index in [2.05, 4.69) is 10.1 Å². The van der Waals surface area contributed by atoms with E-state index in [-0.39, 0.29) is 12.5 Å². The van der Waals surface area contributed by atoms with Gasteiger partial charge in [-0.15, -0.1) is 0 Å². The summed E-state index contributed by atoms with van der Waals surface area (Å²) in [7, 11) is 0. The highest BCUT2D eigenvalue weighted by atomic mass is 16.5. The number of carbonyl (C=O) groups excluding carboxylic acids is 1. The van der Waals surface area contributed by atoms with Crippen molar-refractivity contribution in [1.29, 1.82) is 0 Å². The highest BCUT2D eigenvalue weighted by Crippen LogP contribution is 2.20. The molecule has 1 aliphatic heterocycles. The van der Waals surface area contributed by atoms with Gasteiger partial charge < -0.3 is 14.5 Å². The van der Waals surface area contributed by atoms with Crippen LogP contribution in [0.3, 0.4) is 0 Å². The summed E-state index contributed by atoms with van der Waals surface area (Å²) in [6.45, 7) is 3.53. The summed E-state index contributed by atoms with van der Waals surface area (Å²) in [6.07, 6.45) is 2.69. The minimum Gasteiger partial charge on any atom is -0.396 e. The fourth-order valence-corrected chi connectivity index (χ4v) is 2.29. The molecule has 0 bridgehead atoms. The number of aromatic nitrogens is 2. The van der Waals surface area contributed by atoms with Crippen molar-refractivity contribution in [1.82, 2.24) is 15.0 Å². The van der Waals surface area contributed by atoms with Gasteiger partial charge in [0.2, 0.25) is 11.8 Å². The van der Waals surface area contributed by atoms with Gasteiger partial charge in [0.25, 0.3) is 0 Å². The van der Waals surface area contributed by atoms with E-state index in [4.69, 9.17) is 9.63 Å². The van der Waals surface area contributed by atoms with Crippen LogP contribution in [0.1, 0.15) is 31.0 Å². The minimum atomic E-state index is 0.131. The molecule has 0 aliphatic carbocycles. The first kappa shape index (κ1) is 13.0. The van der Waals surface area contributed by atoms with Crippen LogP contribution < -0.4 is 0 Å². The Kier molecular flexibility index (Phi) is 4.30. The van der Waals surface area contributed by atoms with Gasteiger partial charge in [0.05, 0.1) is 0 Å². The van der Waals surface area contributed by atoms with Crippen molar-refractivity contribution in [3.63, 3.8) is 0 Å². The molecule has 0 radical (unpaired) electrons. The molecular weight excluding hydrogens is 234 g/mol. The van der Waals surface area contributed by atoms with E-state index >= 15 is 0 Å². The van der Waals surface area contributed by atoms with E-state index in [9.17, 15) is 4.79 Å². The van der Waals surface area contributed by atoms with Gasteiger partial charge in [0.15, 0.2) is 5.82 Å². The Morgan fingerprint density at radius 3 is 3.11 bits per heavy atom. The third-order valence-electron chi connectivity index (χ3n) is 3.30. The lowest BCUT2D eigenvalue weighted by Gasteiger charge is -2.15. The molecule has 2 rings (SSSR count). The van der Waals surface area contributed by atoms with Crippen LogP contribution in [0.5, 0.6) is 0 Å². The van der Waals surface area contributed by atoms with Crippen LogP contribution in [-0.2, 0) is 11.2 Å². The molecule has 1 aliphatic rings. The summed E-state index contributed by atoms with van der Waals surface area (Å²) in [6, 6.07) is 0. The van der Waals surface area contributed by atoms with E-state index in [0.717, 1.165) is 25.9 Å². The molecule has 100 valence electrons. The predicted octanol–water partition coefficient (Wildman–Crippen LogP) is 0.542. The first-order chi connectivity index (χ1) is 8.69. The number of carbonyl (C=O) groups is 1. The van der Waals surface area contributed by atoms with E-state index < -0.39 is 0 Å². The first-order valence-electron chi connectivity index (χ1n) is 6.37. The fraction of sp³-hybridized carbons (Fsp3) is 0.750.